The Morgan fingerprint density at radius 1 is 1.29 bits per heavy atom. The number of non-ortho nitro benzene ring substituents is 1. The van der Waals surface area contributed by atoms with Gasteiger partial charge in [-0.25, -0.2) is 0 Å². The molecule has 0 saturated heterocycles. The van der Waals surface area contributed by atoms with Gasteiger partial charge in [0.15, 0.2) is 0 Å². The molecule has 0 aliphatic heterocycles. The van der Waals surface area contributed by atoms with Crippen LogP contribution in [0, 0.1) is 10.1 Å². The van der Waals surface area contributed by atoms with Crippen molar-refractivity contribution in [2.45, 2.75) is 24.8 Å². The van der Waals surface area contributed by atoms with E-state index in [9.17, 15) is 14.9 Å². The van der Waals surface area contributed by atoms with Crippen molar-refractivity contribution in [1.29, 1.82) is 0 Å². The minimum absolute atomic E-state index is 0.0173. The average molecular weight is 305 g/mol. The second-order valence-electron chi connectivity index (χ2n) is 5.09. The predicted octanol–water partition coefficient (Wildman–Crippen LogP) is 3.50. The molecule has 1 heterocycles. The molecule has 0 atom stereocenters. The molecule has 0 bridgehead atoms. The Bertz CT molecular complexity index is 766. The molecular formula is C15H13ClN2O3. The normalized spacial score (nSPS) is 14.1. The minimum Gasteiger partial charge on any atom is -0.305 e. The van der Waals surface area contributed by atoms with E-state index in [0.29, 0.717) is 16.8 Å². The van der Waals surface area contributed by atoms with Crippen LogP contribution < -0.4 is 5.56 Å². The fourth-order valence-electron chi connectivity index (χ4n) is 2.41. The number of pyridine rings is 1. The van der Waals surface area contributed by atoms with Gasteiger partial charge in [-0.3, -0.25) is 14.9 Å². The van der Waals surface area contributed by atoms with Crippen LogP contribution in [0.4, 0.5) is 5.69 Å². The Morgan fingerprint density at radius 3 is 2.67 bits per heavy atom. The zero-order valence-electron chi connectivity index (χ0n) is 11.2. The highest BCUT2D eigenvalue weighted by atomic mass is 35.5. The largest absolute Gasteiger partial charge is 0.305 e. The monoisotopic (exact) mass is 304 g/mol. The van der Waals surface area contributed by atoms with Crippen LogP contribution in [-0.4, -0.2) is 9.49 Å². The smallest absolute Gasteiger partial charge is 0.270 e. The molecule has 0 N–H and O–H groups in total. The summed E-state index contributed by atoms with van der Waals surface area (Å²) in [6.45, 7) is 0. The lowest BCUT2D eigenvalue weighted by Crippen LogP contribution is -2.23. The number of nitro groups is 1. The molecule has 1 aromatic carbocycles. The Labute approximate surface area is 125 Å². The van der Waals surface area contributed by atoms with Gasteiger partial charge in [0.2, 0.25) is 0 Å². The maximum Gasteiger partial charge on any atom is 0.270 e. The van der Waals surface area contributed by atoms with Gasteiger partial charge in [0.25, 0.3) is 11.2 Å². The van der Waals surface area contributed by atoms with E-state index in [2.05, 4.69) is 0 Å². The summed E-state index contributed by atoms with van der Waals surface area (Å²) in [6, 6.07) is 10.0. The van der Waals surface area contributed by atoms with Gasteiger partial charge in [0.1, 0.15) is 0 Å². The van der Waals surface area contributed by atoms with Gasteiger partial charge in [-0.05, 0) is 18.9 Å². The van der Waals surface area contributed by atoms with Crippen molar-refractivity contribution in [2.75, 3.05) is 0 Å². The lowest BCUT2D eigenvalue weighted by Gasteiger charge is -2.13. The summed E-state index contributed by atoms with van der Waals surface area (Å²) in [6.07, 6.45) is 1.90. The first kappa shape index (κ1) is 13.8. The van der Waals surface area contributed by atoms with Crippen LogP contribution in [0.2, 0.25) is 0 Å². The van der Waals surface area contributed by atoms with Crippen molar-refractivity contribution in [1.82, 2.24) is 4.57 Å². The van der Waals surface area contributed by atoms with Gasteiger partial charge in [0, 0.05) is 29.3 Å². The van der Waals surface area contributed by atoms with Crippen LogP contribution in [0.5, 0.6) is 0 Å². The van der Waals surface area contributed by atoms with Crippen LogP contribution in [0.1, 0.15) is 24.4 Å². The van der Waals surface area contributed by atoms with E-state index >= 15 is 0 Å². The highest BCUT2D eigenvalue weighted by Crippen LogP contribution is 2.37. The number of alkyl halides is 1. The lowest BCUT2D eigenvalue weighted by atomic mass is 10.1. The molecule has 2 aromatic rings. The van der Waals surface area contributed by atoms with E-state index in [-0.39, 0.29) is 23.2 Å². The average Bonchev–Trinajstić information content (AvgIpc) is 3.31. The van der Waals surface area contributed by atoms with Crippen LogP contribution in [0.25, 0.3) is 11.3 Å². The van der Waals surface area contributed by atoms with E-state index in [1.54, 1.807) is 22.8 Å². The molecule has 1 aromatic heterocycles. The summed E-state index contributed by atoms with van der Waals surface area (Å²) in [5.74, 6) is 0.167. The molecule has 1 aliphatic rings. The number of hydrogen-bond acceptors (Lipinski definition) is 3. The molecule has 0 spiro atoms. The van der Waals surface area contributed by atoms with Gasteiger partial charge in [-0.1, -0.05) is 18.2 Å². The molecule has 1 fully saturated rings. The number of rotatable bonds is 4. The fraction of sp³-hybridized carbons (Fsp3) is 0.267. The molecule has 1 aliphatic carbocycles. The number of halogens is 1. The number of aromatic nitrogens is 1. The zero-order valence-corrected chi connectivity index (χ0v) is 11.9. The Morgan fingerprint density at radius 2 is 2.05 bits per heavy atom. The molecule has 0 radical (unpaired) electrons. The lowest BCUT2D eigenvalue weighted by molar-refractivity contribution is -0.384. The molecule has 0 unspecified atom stereocenters. The van der Waals surface area contributed by atoms with Crippen molar-refractivity contribution >= 4 is 17.3 Å². The Kier molecular flexibility index (Phi) is 3.51. The summed E-state index contributed by atoms with van der Waals surface area (Å²) < 4.78 is 1.72. The van der Waals surface area contributed by atoms with Gasteiger partial charge < -0.3 is 4.57 Å². The summed E-state index contributed by atoms with van der Waals surface area (Å²) >= 11 is 5.79. The first-order valence-electron chi connectivity index (χ1n) is 6.67. The maximum atomic E-state index is 12.4. The van der Waals surface area contributed by atoms with Gasteiger partial charge in [-0.15, -0.1) is 11.6 Å². The number of benzene rings is 1. The standard InChI is InChI=1S/C15H13ClN2O3/c16-9-11-4-7-14(17(15(11)19)12-5-6-12)10-2-1-3-13(8-10)18(20)21/h1-4,7-8,12H,5-6,9H2. The summed E-state index contributed by atoms with van der Waals surface area (Å²) in [4.78, 5) is 22.9. The Balaban J connectivity index is 2.18. The minimum atomic E-state index is -0.434. The molecule has 108 valence electrons. The third kappa shape index (κ3) is 2.56. The van der Waals surface area contributed by atoms with E-state index in [4.69, 9.17) is 11.6 Å². The van der Waals surface area contributed by atoms with Crippen LogP contribution in [0.3, 0.4) is 0 Å². The van der Waals surface area contributed by atoms with Crippen LogP contribution in [-0.2, 0) is 5.88 Å². The predicted molar refractivity (Wildman–Crippen MR) is 80.6 cm³/mol. The third-order valence-electron chi connectivity index (χ3n) is 3.60. The maximum absolute atomic E-state index is 12.4. The molecule has 1 saturated carbocycles. The molecule has 0 amide bonds. The SMILES string of the molecule is O=c1c(CCl)ccc(-c2cccc([N+](=O)[O-])c2)n1C1CC1. The van der Waals surface area contributed by atoms with Crippen LogP contribution in [0.15, 0.2) is 41.2 Å². The van der Waals surface area contributed by atoms with E-state index < -0.39 is 4.92 Å². The molecule has 6 heteroatoms. The summed E-state index contributed by atoms with van der Waals surface area (Å²) in [7, 11) is 0. The first-order valence-corrected chi connectivity index (χ1v) is 7.20. The van der Waals surface area contributed by atoms with Crippen molar-refractivity contribution in [3.05, 3.63) is 62.4 Å². The second kappa shape index (κ2) is 5.33. The van der Waals surface area contributed by atoms with Crippen molar-refractivity contribution < 1.29 is 4.92 Å². The van der Waals surface area contributed by atoms with E-state index in [1.807, 2.05) is 6.07 Å². The zero-order chi connectivity index (χ0) is 15.0. The van der Waals surface area contributed by atoms with Gasteiger partial charge in [-0.2, -0.15) is 0 Å². The third-order valence-corrected chi connectivity index (χ3v) is 3.89. The van der Waals surface area contributed by atoms with Crippen LogP contribution >= 0.6 is 11.6 Å². The Hall–Kier alpha value is -2.14. The molecule has 3 rings (SSSR count). The van der Waals surface area contributed by atoms with Gasteiger partial charge in [0.05, 0.1) is 16.5 Å². The molecule has 5 nitrogen and oxygen atoms in total. The van der Waals surface area contributed by atoms with Crippen molar-refractivity contribution in [3.8, 4) is 11.3 Å². The quantitative estimate of drug-likeness (QED) is 0.493. The first-order chi connectivity index (χ1) is 10.1. The molecular weight excluding hydrogens is 292 g/mol. The van der Waals surface area contributed by atoms with Crippen molar-refractivity contribution in [2.24, 2.45) is 0 Å². The summed E-state index contributed by atoms with van der Waals surface area (Å²) in [5.41, 5.74) is 1.85. The highest BCUT2D eigenvalue weighted by Gasteiger charge is 2.28. The van der Waals surface area contributed by atoms with Gasteiger partial charge >= 0.3 is 0 Å². The van der Waals surface area contributed by atoms with E-state index in [0.717, 1.165) is 12.8 Å². The summed E-state index contributed by atoms with van der Waals surface area (Å²) in [5, 5.41) is 10.9. The number of nitrogens with zero attached hydrogens (tertiary/aromatic N) is 2. The van der Waals surface area contributed by atoms with E-state index in [1.165, 1.54) is 12.1 Å². The van der Waals surface area contributed by atoms with Crippen molar-refractivity contribution in [3.63, 3.8) is 0 Å². The number of nitro benzene ring substituents is 1. The topological polar surface area (TPSA) is 65.1 Å². The fourth-order valence-corrected chi connectivity index (χ4v) is 2.61. The number of hydrogen-bond donors (Lipinski definition) is 0. The molecule has 21 heavy (non-hydrogen) atoms. The second-order valence-corrected chi connectivity index (χ2v) is 5.36. The highest BCUT2D eigenvalue weighted by molar-refractivity contribution is 6.17.